The Morgan fingerprint density at radius 3 is 2.50 bits per heavy atom. The van der Waals surface area contributed by atoms with E-state index in [1.165, 1.54) is 13.1 Å². The number of carbonyl (C=O) groups is 5. The maximum Gasteiger partial charge on any atom is 0.425 e. The van der Waals surface area contributed by atoms with E-state index in [0.717, 1.165) is 12.1 Å². The highest BCUT2D eigenvalue weighted by Crippen LogP contribution is 2.25. The largest absolute Gasteiger partial charge is 0.437 e. The Morgan fingerprint density at radius 1 is 1.26 bits per heavy atom. The van der Waals surface area contributed by atoms with Crippen LogP contribution in [0.25, 0.3) is 0 Å². The number of likely N-dealkylation sites (N-methyl/N-ethyl adjacent to an activating group) is 1. The number of anilines is 1. The van der Waals surface area contributed by atoms with Gasteiger partial charge in [0.05, 0.1) is 17.3 Å². The number of amides is 4. The Kier molecular flexibility index (Phi) is 8.85. The van der Waals surface area contributed by atoms with Gasteiger partial charge in [-0.05, 0) is 38.0 Å². The summed E-state index contributed by atoms with van der Waals surface area (Å²) in [6.07, 6.45) is -8.47. The summed E-state index contributed by atoms with van der Waals surface area (Å²) in [6, 6.07) is 2.11. The van der Waals surface area contributed by atoms with Crippen molar-refractivity contribution in [2.45, 2.75) is 38.1 Å². The zero-order valence-corrected chi connectivity index (χ0v) is 18.8. The lowest BCUT2D eigenvalue weighted by Gasteiger charge is -2.21. The van der Waals surface area contributed by atoms with Gasteiger partial charge in [-0.2, -0.15) is 13.2 Å². The van der Waals surface area contributed by atoms with E-state index in [1.807, 2.05) is 5.32 Å². The minimum absolute atomic E-state index is 0.0390. The molecule has 2 rings (SSSR count). The first-order valence-corrected chi connectivity index (χ1v) is 10.4. The number of rotatable bonds is 8. The molecule has 0 aliphatic carbocycles. The van der Waals surface area contributed by atoms with Crippen molar-refractivity contribution >= 4 is 46.9 Å². The molecule has 1 aliphatic rings. The average molecular weight is 507 g/mol. The van der Waals surface area contributed by atoms with Gasteiger partial charge in [0.2, 0.25) is 11.7 Å². The number of benzene rings is 1. The van der Waals surface area contributed by atoms with E-state index in [1.54, 1.807) is 0 Å². The zero-order chi connectivity index (χ0) is 25.6. The van der Waals surface area contributed by atoms with Crippen molar-refractivity contribution in [3.8, 4) is 0 Å². The molecule has 0 aromatic heterocycles. The van der Waals surface area contributed by atoms with Crippen molar-refractivity contribution in [1.82, 2.24) is 16.0 Å². The maximum atomic E-state index is 12.9. The lowest BCUT2D eigenvalue weighted by Crippen LogP contribution is -2.48. The molecule has 34 heavy (non-hydrogen) atoms. The van der Waals surface area contributed by atoms with E-state index in [4.69, 9.17) is 11.6 Å². The highest BCUT2D eigenvalue weighted by atomic mass is 35.5. The van der Waals surface area contributed by atoms with Gasteiger partial charge in [0, 0.05) is 24.5 Å². The fourth-order valence-electron chi connectivity index (χ4n) is 3.08. The Labute approximate surface area is 196 Å². The van der Waals surface area contributed by atoms with Crippen LogP contribution in [0.1, 0.15) is 30.1 Å². The molecule has 10 nitrogen and oxygen atoms in total. The molecular weight excluding hydrogens is 485 g/mol. The van der Waals surface area contributed by atoms with Gasteiger partial charge < -0.3 is 20.7 Å². The molecule has 4 N–H and O–H groups in total. The van der Waals surface area contributed by atoms with Crippen LogP contribution in [0.5, 0.6) is 0 Å². The second-order valence-electron chi connectivity index (χ2n) is 7.39. The van der Waals surface area contributed by atoms with Gasteiger partial charge in [-0.25, -0.2) is 4.79 Å². The fraction of sp³-hybridized carbons (Fsp3) is 0.450. The summed E-state index contributed by atoms with van der Waals surface area (Å²) in [7, 11) is 1.22. The van der Waals surface area contributed by atoms with Crippen LogP contribution >= 0.6 is 11.6 Å². The molecule has 2 unspecified atom stereocenters. The number of alkyl halides is 3. The molecule has 0 radical (unpaired) electrons. The Bertz CT molecular complexity index is 988. The van der Waals surface area contributed by atoms with Crippen molar-refractivity contribution in [2.24, 2.45) is 5.92 Å². The topological polar surface area (TPSA) is 143 Å². The summed E-state index contributed by atoms with van der Waals surface area (Å²) in [5.41, 5.74) is -0.569. The van der Waals surface area contributed by atoms with Gasteiger partial charge in [-0.15, -0.1) is 0 Å². The van der Waals surface area contributed by atoms with Gasteiger partial charge in [-0.1, -0.05) is 11.6 Å². The molecule has 186 valence electrons. The average Bonchev–Trinajstić information content (AvgIpc) is 3.16. The molecule has 3 atom stereocenters. The lowest BCUT2D eigenvalue weighted by atomic mass is 9.95. The number of ketones is 1. The number of Topliss-reactive ketones (excluding diaryl/α,β-unsaturated/α-hetero) is 1. The van der Waals surface area contributed by atoms with Gasteiger partial charge in [0.1, 0.15) is 0 Å². The van der Waals surface area contributed by atoms with Crippen molar-refractivity contribution in [1.29, 1.82) is 0 Å². The normalized spacial score (nSPS) is 17.2. The van der Waals surface area contributed by atoms with Crippen molar-refractivity contribution in [3.63, 3.8) is 0 Å². The predicted octanol–water partition coefficient (Wildman–Crippen LogP) is 1.78. The van der Waals surface area contributed by atoms with Crippen molar-refractivity contribution < 1.29 is 41.9 Å². The van der Waals surface area contributed by atoms with Gasteiger partial charge in [-0.3, -0.25) is 24.5 Å². The molecule has 1 heterocycles. The first-order valence-electron chi connectivity index (χ1n) is 10.0. The van der Waals surface area contributed by atoms with E-state index in [9.17, 15) is 37.1 Å². The van der Waals surface area contributed by atoms with Crippen molar-refractivity contribution in [3.05, 3.63) is 28.8 Å². The van der Waals surface area contributed by atoms with Crippen molar-refractivity contribution in [2.75, 3.05) is 18.9 Å². The molecule has 1 aliphatic heterocycles. The quantitative estimate of drug-likeness (QED) is 0.396. The van der Waals surface area contributed by atoms with Gasteiger partial charge >= 0.3 is 12.3 Å². The molecule has 0 bridgehead atoms. The van der Waals surface area contributed by atoms with E-state index in [-0.39, 0.29) is 28.6 Å². The monoisotopic (exact) mass is 506 g/mol. The first kappa shape index (κ1) is 26.9. The molecule has 4 amide bonds. The SMILES string of the molecule is CNC(=O)C(=O)C(C[C@@H]1CCNC1=O)NC(=O)c1cc(Cl)ccc1NC(=O)OC(C)C(F)(F)F. The Hall–Kier alpha value is -3.35. The predicted molar refractivity (Wildman–Crippen MR) is 113 cm³/mol. The highest BCUT2D eigenvalue weighted by Gasteiger charge is 2.39. The molecule has 14 heteroatoms. The van der Waals surface area contributed by atoms with Crippen LogP contribution in [-0.2, 0) is 19.1 Å². The number of carbonyl (C=O) groups excluding carboxylic acids is 5. The van der Waals surface area contributed by atoms with E-state index in [0.29, 0.717) is 19.9 Å². The highest BCUT2D eigenvalue weighted by molar-refractivity contribution is 6.38. The van der Waals surface area contributed by atoms with Gasteiger partial charge in [0.15, 0.2) is 6.10 Å². The summed E-state index contributed by atoms with van der Waals surface area (Å²) in [5, 5.41) is 9.14. The second kappa shape index (κ2) is 11.2. The fourth-order valence-corrected chi connectivity index (χ4v) is 3.26. The summed E-state index contributed by atoms with van der Waals surface area (Å²) < 4.78 is 42.2. The summed E-state index contributed by atoms with van der Waals surface area (Å²) in [6.45, 7) is 1.00. The Balaban J connectivity index is 2.25. The number of halogens is 4. The molecule has 0 saturated carbocycles. The van der Waals surface area contributed by atoms with Crippen LogP contribution in [-0.4, -0.2) is 61.5 Å². The second-order valence-corrected chi connectivity index (χ2v) is 7.82. The summed E-state index contributed by atoms with van der Waals surface area (Å²) in [4.78, 5) is 61.1. The minimum Gasteiger partial charge on any atom is -0.437 e. The molecule has 1 saturated heterocycles. The zero-order valence-electron chi connectivity index (χ0n) is 18.0. The third-order valence-electron chi connectivity index (χ3n) is 4.96. The lowest BCUT2D eigenvalue weighted by molar-refractivity contribution is -0.196. The molecular formula is C20H22ClF3N4O6. The minimum atomic E-state index is -4.79. The summed E-state index contributed by atoms with van der Waals surface area (Å²) >= 11 is 5.91. The van der Waals surface area contributed by atoms with Crippen LogP contribution in [0.2, 0.25) is 5.02 Å². The molecule has 1 aromatic carbocycles. The maximum absolute atomic E-state index is 12.9. The molecule has 0 spiro atoms. The number of nitrogens with one attached hydrogen (secondary N) is 4. The first-order chi connectivity index (χ1) is 15.8. The van der Waals surface area contributed by atoms with E-state index >= 15 is 0 Å². The van der Waals surface area contributed by atoms with Crippen LogP contribution < -0.4 is 21.3 Å². The molecule has 1 fully saturated rings. The van der Waals surface area contributed by atoms with Crippen LogP contribution in [0.3, 0.4) is 0 Å². The third kappa shape index (κ3) is 7.07. The molecule has 1 aromatic rings. The standard InChI is InChI=1S/C20H22ClF3N4O6/c1-9(20(22,23)24)34-19(33)28-13-4-3-11(21)8-12(13)17(31)27-14(15(29)18(32)25-2)7-10-5-6-26-16(10)30/h3-4,8-10,14H,5-7H2,1-2H3,(H,25,32)(H,26,30)(H,27,31)(H,28,33)/t9?,10-,14?/m0/s1. The Morgan fingerprint density at radius 2 is 1.94 bits per heavy atom. The van der Waals surface area contributed by atoms with E-state index < -0.39 is 47.9 Å². The smallest absolute Gasteiger partial charge is 0.425 e. The van der Waals surface area contributed by atoms with Crippen LogP contribution in [0.4, 0.5) is 23.7 Å². The number of ether oxygens (including phenoxy) is 1. The third-order valence-corrected chi connectivity index (χ3v) is 5.20. The van der Waals surface area contributed by atoms with Crippen LogP contribution in [0.15, 0.2) is 18.2 Å². The van der Waals surface area contributed by atoms with E-state index in [2.05, 4.69) is 20.7 Å². The number of hydrogen-bond acceptors (Lipinski definition) is 6. The van der Waals surface area contributed by atoms with Gasteiger partial charge in [0.25, 0.3) is 11.8 Å². The summed E-state index contributed by atoms with van der Waals surface area (Å²) in [5.74, 6) is -3.95. The number of hydrogen-bond donors (Lipinski definition) is 4. The van der Waals surface area contributed by atoms with Crippen LogP contribution in [0, 0.1) is 5.92 Å².